The molecule has 0 bridgehead atoms. The number of hydrogen-bond donors (Lipinski definition) is 1. The van der Waals surface area contributed by atoms with Crippen molar-refractivity contribution in [1.29, 1.82) is 0 Å². The maximum absolute atomic E-state index is 13.6. The summed E-state index contributed by atoms with van der Waals surface area (Å²) < 4.78 is 23.3. The fourth-order valence-electron chi connectivity index (χ4n) is 2.63. The zero-order chi connectivity index (χ0) is 17.7. The Morgan fingerprint density at radius 2 is 2.28 bits per heavy atom. The van der Waals surface area contributed by atoms with Crippen LogP contribution in [0, 0.1) is 13.8 Å². The summed E-state index contributed by atoms with van der Waals surface area (Å²) in [5.41, 5.74) is 1.89. The zero-order valence-electron chi connectivity index (χ0n) is 13.2. The molecule has 0 radical (unpaired) electrons. The molecule has 1 amide bonds. The van der Waals surface area contributed by atoms with Crippen molar-refractivity contribution in [2.45, 2.75) is 31.6 Å². The van der Waals surface area contributed by atoms with Crippen LogP contribution in [0.25, 0.3) is 9.99 Å². The summed E-state index contributed by atoms with van der Waals surface area (Å²) in [6.07, 6.45) is 2.45. The molecule has 3 heterocycles. The van der Waals surface area contributed by atoms with E-state index in [0.29, 0.717) is 33.4 Å². The molecule has 0 unspecified atom stereocenters. The highest BCUT2D eigenvalue weighted by Crippen LogP contribution is 2.40. The highest BCUT2D eigenvalue weighted by molar-refractivity contribution is 7.98. The lowest BCUT2D eigenvalue weighted by atomic mass is 10.1. The summed E-state index contributed by atoms with van der Waals surface area (Å²) in [4.78, 5) is 18.8. The zero-order valence-corrected chi connectivity index (χ0v) is 15.6. The highest BCUT2D eigenvalue weighted by atomic mass is 35.5. The molecule has 25 heavy (non-hydrogen) atoms. The van der Waals surface area contributed by atoms with Gasteiger partial charge < -0.3 is 4.52 Å². The minimum absolute atomic E-state index is 0.150. The molecule has 10 heteroatoms. The number of carbonyl (C=O) groups excluding carboxylic acids is 1. The van der Waals surface area contributed by atoms with Gasteiger partial charge in [-0.05, 0) is 32.2 Å². The average Bonchev–Trinajstić information content (AvgIpc) is 3.23. The molecule has 1 aliphatic carbocycles. The summed E-state index contributed by atoms with van der Waals surface area (Å²) in [5, 5.41) is 3.99. The molecule has 0 fully saturated rings. The number of nitrogens with zero attached hydrogens (tertiary/aromatic N) is 3. The van der Waals surface area contributed by atoms with Gasteiger partial charge in [0, 0.05) is 18.3 Å². The number of aryl methyl sites for hydroxylation is 3. The Bertz CT molecular complexity index is 1020. The average molecular weight is 399 g/mol. The molecule has 0 atom stereocenters. The van der Waals surface area contributed by atoms with Crippen LogP contribution in [-0.4, -0.2) is 20.4 Å². The number of nitrogens with one attached hydrogen (secondary N) is 1. The number of thiazole rings is 1. The molecule has 0 spiro atoms. The normalized spacial score (nSPS) is 14.2. The van der Waals surface area contributed by atoms with Crippen molar-refractivity contribution in [3.8, 4) is 0 Å². The number of carbonyl (C=O) groups is 1. The molecular weight excluding hydrogens is 387 g/mol. The number of hydrogen-bond acceptors (Lipinski definition) is 6. The number of imidazole rings is 1. The first-order valence-electron chi connectivity index (χ1n) is 7.41. The highest BCUT2D eigenvalue weighted by Gasteiger charge is 2.25. The van der Waals surface area contributed by atoms with Crippen molar-refractivity contribution in [2.75, 3.05) is 0 Å². The lowest BCUT2D eigenvalue weighted by molar-refractivity contribution is 0.0980. The summed E-state index contributed by atoms with van der Waals surface area (Å²) >= 11 is 8.47. The number of halogens is 2. The summed E-state index contributed by atoms with van der Waals surface area (Å²) in [6.45, 7) is 3.59. The van der Waals surface area contributed by atoms with E-state index in [1.54, 1.807) is 20.0 Å². The van der Waals surface area contributed by atoms with Gasteiger partial charge >= 0.3 is 0 Å². The van der Waals surface area contributed by atoms with Crippen LogP contribution in [0.3, 0.4) is 0 Å². The van der Waals surface area contributed by atoms with Gasteiger partial charge in [-0.2, -0.15) is 0 Å². The Labute approximate surface area is 155 Å². The van der Waals surface area contributed by atoms with Crippen molar-refractivity contribution < 1.29 is 13.7 Å². The van der Waals surface area contributed by atoms with Crippen LogP contribution in [0.2, 0.25) is 0 Å². The smallest absolute Gasteiger partial charge is 0.281 e. The predicted octanol–water partition coefficient (Wildman–Crippen LogP) is 4.26. The number of fused-ring (bicyclic) bond motifs is 3. The van der Waals surface area contributed by atoms with E-state index in [1.807, 2.05) is 4.40 Å². The van der Waals surface area contributed by atoms with Crippen LogP contribution < -0.4 is 4.72 Å². The third-order valence-electron chi connectivity index (χ3n) is 3.88. The van der Waals surface area contributed by atoms with E-state index in [0.717, 1.165) is 22.5 Å². The molecule has 1 N–H and O–H groups in total. The second-order valence-corrected chi connectivity index (χ2v) is 7.73. The van der Waals surface area contributed by atoms with Gasteiger partial charge in [0.05, 0.1) is 20.5 Å². The maximum atomic E-state index is 13.6. The van der Waals surface area contributed by atoms with E-state index >= 15 is 0 Å². The molecule has 6 nitrogen and oxygen atoms in total. The topological polar surface area (TPSA) is 72.4 Å². The molecule has 4 rings (SSSR count). The lowest BCUT2D eigenvalue weighted by Crippen LogP contribution is -2.16. The summed E-state index contributed by atoms with van der Waals surface area (Å²) in [5.74, 6) is 0.0249. The Balaban J connectivity index is 1.58. The molecule has 0 saturated heterocycles. The van der Waals surface area contributed by atoms with Crippen LogP contribution in [0.1, 0.15) is 38.9 Å². The largest absolute Gasteiger partial charge is 0.360 e. The molecule has 0 saturated carbocycles. The Morgan fingerprint density at radius 3 is 3.00 bits per heavy atom. The van der Waals surface area contributed by atoms with E-state index in [9.17, 15) is 9.18 Å². The van der Waals surface area contributed by atoms with E-state index < -0.39 is 0 Å². The van der Waals surface area contributed by atoms with Gasteiger partial charge in [0.2, 0.25) is 0 Å². The van der Waals surface area contributed by atoms with Crippen molar-refractivity contribution in [3.63, 3.8) is 0 Å². The van der Waals surface area contributed by atoms with Crippen LogP contribution in [0.5, 0.6) is 0 Å². The molecule has 3 aromatic heterocycles. The van der Waals surface area contributed by atoms with Crippen LogP contribution in [0.15, 0.2) is 21.4 Å². The first-order valence-corrected chi connectivity index (χ1v) is 9.42. The first-order chi connectivity index (χ1) is 12.0. The lowest BCUT2D eigenvalue weighted by Gasteiger charge is -2.10. The van der Waals surface area contributed by atoms with Crippen molar-refractivity contribution in [2.24, 2.45) is 0 Å². The van der Waals surface area contributed by atoms with Gasteiger partial charge in [0.15, 0.2) is 4.96 Å². The minimum Gasteiger partial charge on any atom is -0.360 e. The molecule has 130 valence electrons. The predicted molar refractivity (Wildman–Crippen MR) is 94.6 cm³/mol. The summed E-state index contributed by atoms with van der Waals surface area (Å²) in [6, 6.07) is 0. The molecule has 1 aliphatic rings. The van der Waals surface area contributed by atoms with Crippen molar-refractivity contribution in [1.82, 2.24) is 19.3 Å². The maximum Gasteiger partial charge on any atom is 0.281 e. The van der Waals surface area contributed by atoms with E-state index in [4.69, 9.17) is 16.1 Å². The summed E-state index contributed by atoms with van der Waals surface area (Å²) in [7, 11) is 0. The first kappa shape index (κ1) is 16.6. The monoisotopic (exact) mass is 398 g/mol. The van der Waals surface area contributed by atoms with Gasteiger partial charge in [-0.25, -0.2) is 9.37 Å². The van der Waals surface area contributed by atoms with Crippen LogP contribution >= 0.6 is 34.9 Å². The number of rotatable bonds is 3. The molecule has 0 aliphatic heterocycles. The van der Waals surface area contributed by atoms with Crippen molar-refractivity contribution in [3.05, 3.63) is 39.7 Å². The van der Waals surface area contributed by atoms with E-state index in [-0.39, 0.29) is 23.2 Å². The number of aromatic nitrogens is 3. The van der Waals surface area contributed by atoms with Gasteiger partial charge in [0.1, 0.15) is 17.3 Å². The van der Waals surface area contributed by atoms with E-state index in [2.05, 4.69) is 14.9 Å². The van der Waals surface area contributed by atoms with Gasteiger partial charge in [-0.1, -0.05) is 28.1 Å². The van der Waals surface area contributed by atoms with Gasteiger partial charge in [-0.3, -0.25) is 13.9 Å². The van der Waals surface area contributed by atoms with Gasteiger partial charge in [-0.15, -0.1) is 0 Å². The second-order valence-electron chi connectivity index (χ2n) is 5.56. The Morgan fingerprint density at radius 1 is 1.48 bits per heavy atom. The Kier molecular flexibility index (Phi) is 4.09. The number of amides is 1. The van der Waals surface area contributed by atoms with Crippen LogP contribution in [0.4, 0.5) is 4.39 Å². The fourth-order valence-corrected chi connectivity index (χ4v) is 4.73. The van der Waals surface area contributed by atoms with Crippen LogP contribution in [-0.2, 0) is 6.42 Å². The molecular formula is C15H12ClFN4O2S2. The Hall–Kier alpha value is -1.84. The third kappa shape index (κ3) is 2.76. The minimum atomic E-state index is -0.321. The standard InChI is InChI=1S/C15H12ClFN4O2S2/c1-6-12(7(2)23-19-6)25-20-14(22)9-5-21-10-4-3-8(17)11(16)13(10)24-15(21)18-9/h5H,3-4H2,1-2H3,(H,20,22). The van der Waals surface area contributed by atoms with Crippen molar-refractivity contribution >= 4 is 50.8 Å². The van der Waals surface area contributed by atoms with Gasteiger partial charge in [0.25, 0.3) is 5.91 Å². The molecule has 0 aromatic carbocycles. The quantitative estimate of drug-likeness (QED) is 0.667. The second kappa shape index (κ2) is 6.15. The molecule has 3 aromatic rings. The SMILES string of the molecule is Cc1noc(C)c1SNC(=O)c1cn2c3c(sc2n1)C(Cl)=C(F)CC3. The number of allylic oxidation sites excluding steroid dienone is 1. The van der Waals surface area contributed by atoms with E-state index in [1.165, 1.54) is 11.3 Å². The fraction of sp³-hybridized carbons (Fsp3) is 0.267. The third-order valence-corrected chi connectivity index (χ3v) is 6.58.